The van der Waals surface area contributed by atoms with Crippen LogP contribution in [0.4, 0.5) is 17.5 Å². The molecular weight excluding hydrogens is 400 g/mol. The van der Waals surface area contributed by atoms with Gasteiger partial charge in [-0.15, -0.1) is 0 Å². The van der Waals surface area contributed by atoms with E-state index in [0.29, 0.717) is 30.5 Å². The number of aliphatic hydroxyl groups excluding tert-OH is 1. The summed E-state index contributed by atoms with van der Waals surface area (Å²) < 4.78 is 1.75. The fourth-order valence-corrected chi connectivity index (χ4v) is 5.13. The van der Waals surface area contributed by atoms with Crippen LogP contribution in [0.1, 0.15) is 49.5 Å². The Balaban J connectivity index is 1.36. The third-order valence-electron chi connectivity index (χ3n) is 5.78. The first-order valence-corrected chi connectivity index (χ1v) is 11.5. The van der Waals surface area contributed by atoms with Crippen molar-refractivity contribution >= 4 is 39.1 Å². The number of aliphatic hydroxyl groups is 1. The van der Waals surface area contributed by atoms with Crippen molar-refractivity contribution in [1.82, 2.24) is 30.0 Å². The van der Waals surface area contributed by atoms with Gasteiger partial charge in [0.15, 0.2) is 10.6 Å². The molecule has 5 rings (SSSR count). The number of fused-ring (bicyclic) bond motifs is 1. The summed E-state index contributed by atoms with van der Waals surface area (Å²) in [6.45, 7) is 0.860. The Bertz CT molecular complexity index is 1010. The number of thiazole rings is 1. The van der Waals surface area contributed by atoms with Crippen molar-refractivity contribution in [2.24, 2.45) is 7.05 Å². The number of rotatable bonds is 8. The number of anilines is 3. The fourth-order valence-electron chi connectivity index (χ4n) is 4.02. The minimum absolute atomic E-state index is 0.191. The van der Waals surface area contributed by atoms with Gasteiger partial charge in [-0.25, -0.2) is 4.98 Å². The molecule has 30 heavy (non-hydrogen) atoms. The predicted octanol–water partition coefficient (Wildman–Crippen LogP) is 2.75. The Morgan fingerprint density at radius 1 is 1.10 bits per heavy atom. The number of hydrogen-bond acceptors (Lipinski definition) is 9. The molecule has 10 heteroatoms. The predicted molar refractivity (Wildman–Crippen MR) is 118 cm³/mol. The van der Waals surface area contributed by atoms with Gasteiger partial charge >= 0.3 is 0 Å². The number of aromatic nitrogens is 5. The molecule has 160 valence electrons. The molecule has 0 unspecified atom stereocenters. The normalized spacial score (nSPS) is 21.8. The lowest BCUT2D eigenvalue weighted by Gasteiger charge is -2.30. The van der Waals surface area contributed by atoms with Gasteiger partial charge in [0.2, 0.25) is 5.95 Å². The molecule has 4 N–H and O–H groups in total. The number of nitrogens with one attached hydrogen (secondary N) is 3. The Morgan fingerprint density at radius 2 is 1.90 bits per heavy atom. The van der Waals surface area contributed by atoms with Crippen LogP contribution in [0, 0.1) is 0 Å². The Hall–Kier alpha value is -2.30. The van der Waals surface area contributed by atoms with Crippen LogP contribution in [0.15, 0.2) is 12.4 Å². The molecule has 3 heterocycles. The van der Waals surface area contributed by atoms with E-state index in [1.54, 1.807) is 22.2 Å². The maximum absolute atomic E-state index is 9.02. The van der Waals surface area contributed by atoms with Crippen molar-refractivity contribution in [3.8, 4) is 0 Å². The second-order valence-electron chi connectivity index (χ2n) is 8.27. The Kier molecular flexibility index (Phi) is 5.53. The van der Waals surface area contributed by atoms with Gasteiger partial charge in [-0.05, 0) is 38.5 Å². The van der Waals surface area contributed by atoms with Crippen molar-refractivity contribution in [1.29, 1.82) is 0 Å². The summed E-state index contributed by atoms with van der Waals surface area (Å²) >= 11 is 1.69. The summed E-state index contributed by atoms with van der Waals surface area (Å²) in [6, 6.07) is 0.858. The first-order valence-electron chi connectivity index (χ1n) is 10.7. The lowest BCUT2D eigenvalue weighted by molar-refractivity contribution is 0.269. The van der Waals surface area contributed by atoms with Gasteiger partial charge < -0.3 is 21.1 Å². The van der Waals surface area contributed by atoms with E-state index in [-0.39, 0.29) is 6.61 Å². The van der Waals surface area contributed by atoms with E-state index in [4.69, 9.17) is 20.1 Å². The zero-order valence-corrected chi connectivity index (χ0v) is 18.0. The molecule has 2 aliphatic rings. The molecule has 0 saturated heterocycles. The molecule has 0 bridgehead atoms. The molecule has 2 aliphatic carbocycles. The zero-order chi connectivity index (χ0) is 20.5. The summed E-state index contributed by atoms with van der Waals surface area (Å²) in [4.78, 5) is 15.3. The lowest BCUT2D eigenvalue weighted by Crippen LogP contribution is -2.38. The van der Waals surface area contributed by atoms with Gasteiger partial charge in [0.1, 0.15) is 5.52 Å². The summed E-state index contributed by atoms with van der Waals surface area (Å²) in [5.74, 6) is 1.99. The van der Waals surface area contributed by atoms with Gasteiger partial charge in [-0.2, -0.15) is 15.1 Å². The molecule has 0 aromatic carbocycles. The highest BCUT2D eigenvalue weighted by Crippen LogP contribution is 2.44. The van der Waals surface area contributed by atoms with E-state index in [9.17, 15) is 0 Å². The van der Waals surface area contributed by atoms with E-state index in [1.165, 1.54) is 17.8 Å². The van der Waals surface area contributed by atoms with E-state index in [2.05, 4.69) is 21.0 Å². The van der Waals surface area contributed by atoms with Gasteiger partial charge in [-0.3, -0.25) is 4.68 Å². The van der Waals surface area contributed by atoms with E-state index >= 15 is 0 Å². The summed E-state index contributed by atoms with van der Waals surface area (Å²) in [6.07, 6.45) is 10.4. The molecule has 0 radical (unpaired) electrons. The third-order valence-corrected chi connectivity index (χ3v) is 6.89. The second-order valence-corrected chi connectivity index (χ2v) is 9.28. The van der Waals surface area contributed by atoms with Crippen LogP contribution in [0.25, 0.3) is 10.3 Å². The van der Waals surface area contributed by atoms with Crippen LogP contribution in [0.3, 0.4) is 0 Å². The standard InChI is InChI=1S/C20H28N8OS/c1-28-11-15(10-22-28)24-20-26-17(16-19(27-20)30-18(25-16)12-2-3-12)23-14-6-4-13(5-7-14)21-8-9-29/h10-14,21,29H,2-9H2,1H3,(H2,23,24,26,27). The summed E-state index contributed by atoms with van der Waals surface area (Å²) in [5.41, 5.74) is 1.75. The molecule has 0 atom stereocenters. The first-order chi connectivity index (χ1) is 14.7. The average molecular weight is 429 g/mol. The van der Waals surface area contributed by atoms with Crippen LogP contribution in [-0.2, 0) is 7.05 Å². The third kappa shape index (κ3) is 4.40. The number of hydrogen-bond donors (Lipinski definition) is 4. The summed E-state index contributed by atoms with van der Waals surface area (Å²) in [7, 11) is 1.89. The quantitative estimate of drug-likeness (QED) is 0.433. The minimum atomic E-state index is 0.191. The molecule has 0 aliphatic heterocycles. The molecular formula is C20H28N8OS. The SMILES string of the molecule is Cn1cc(Nc2nc(NC3CCC(NCCO)CC3)c3nc(C4CC4)sc3n2)cn1. The van der Waals surface area contributed by atoms with Crippen molar-refractivity contribution < 1.29 is 5.11 Å². The van der Waals surface area contributed by atoms with Crippen molar-refractivity contribution in [3.05, 3.63) is 17.4 Å². The van der Waals surface area contributed by atoms with Crippen LogP contribution < -0.4 is 16.0 Å². The van der Waals surface area contributed by atoms with Crippen molar-refractivity contribution in [3.63, 3.8) is 0 Å². The fraction of sp³-hybridized carbons (Fsp3) is 0.600. The molecule has 9 nitrogen and oxygen atoms in total. The zero-order valence-electron chi connectivity index (χ0n) is 17.1. The van der Waals surface area contributed by atoms with Gasteiger partial charge in [0.05, 0.1) is 23.5 Å². The van der Waals surface area contributed by atoms with Gasteiger partial charge in [0.25, 0.3) is 0 Å². The first kappa shape index (κ1) is 19.7. The topological polar surface area (TPSA) is 113 Å². The van der Waals surface area contributed by atoms with Crippen LogP contribution in [-0.4, -0.2) is 55.1 Å². The largest absolute Gasteiger partial charge is 0.395 e. The molecule has 3 aromatic rings. The smallest absolute Gasteiger partial charge is 0.230 e. The lowest BCUT2D eigenvalue weighted by atomic mass is 9.91. The van der Waals surface area contributed by atoms with E-state index < -0.39 is 0 Å². The molecule has 3 aromatic heterocycles. The van der Waals surface area contributed by atoms with Crippen LogP contribution in [0.2, 0.25) is 0 Å². The minimum Gasteiger partial charge on any atom is -0.395 e. The summed E-state index contributed by atoms with van der Waals surface area (Å²) in [5, 5.41) is 24.8. The van der Waals surface area contributed by atoms with E-state index in [0.717, 1.165) is 47.5 Å². The highest BCUT2D eigenvalue weighted by Gasteiger charge is 2.29. The Labute approximate surface area is 179 Å². The van der Waals surface area contributed by atoms with Crippen LogP contribution in [0.5, 0.6) is 0 Å². The molecule has 2 saturated carbocycles. The monoisotopic (exact) mass is 428 g/mol. The number of aryl methyl sites for hydroxylation is 1. The maximum Gasteiger partial charge on any atom is 0.230 e. The second kappa shape index (κ2) is 8.44. The van der Waals surface area contributed by atoms with E-state index in [1.807, 2.05) is 13.2 Å². The van der Waals surface area contributed by atoms with Crippen molar-refractivity contribution in [2.75, 3.05) is 23.8 Å². The maximum atomic E-state index is 9.02. The molecule has 0 amide bonds. The van der Waals surface area contributed by atoms with Crippen molar-refractivity contribution in [2.45, 2.75) is 56.5 Å². The highest BCUT2D eigenvalue weighted by atomic mass is 32.1. The Morgan fingerprint density at radius 3 is 2.60 bits per heavy atom. The van der Waals surface area contributed by atoms with Gasteiger partial charge in [-0.1, -0.05) is 11.3 Å². The highest BCUT2D eigenvalue weighted by molar-refractivity contribution is 7.18. The average Bonchev–Trinajstić information content (AvgIpc) is 3.38. The number of nitrogens with zero attached hydrogens (tertiary/aromatic N) is 5. The van der Waals surface area contributed by atoms with Crippen LogP contribution >= 0.6 is 11.3 Å². The molecule has 0 spiro atoms. The molecule has 2 fully saturated rings. The van der Waals surface area contributed by atoms with Gasteiger partial charge in [0, 0.05) is 37.8 Å².